The lowest BCUT2D eigenvalue weighted by Gasteiger charge is -2.36. The van der Waals surface area contributed by atoms with Crippen LogP contribution in [0.5, 0.6) is 0 Å². The maximum Gasteiger partial charge on any atom is 0.128 e. The van der Waals surface area contributed by atoms with Gasteiger partial charge in [0.1, 0.15) is 11.9 Å². The van der Waals surface area contributed by atoms with Crippen LogP contribution in [0.1, 0.15) is 36.1 Å². The topological polar surface area (TPSA) is 74.1 Å². The van der Waals surface area contributed by atoms with Crippen molar-refractivity contribution in [2.75, 3.05) is 23.3 Å². The van der Waals surface area contributed by atoms with E-state index >= 15 is 0 Å². The number of ether oxygens (including phenoxy) is 1. The van der Waals surface area contributed by atoms with Gasteiger partial charge in [0.25, 0.3) is 0 Å². The summed E-state index contributed by atoms with van der Waals surface area (Å²) in [5.41, 5.74) is 5.62. The molecule has 3 heterocycles. The van der Waals surface area contributed by atoms with Crippen LogP contribution in [-0.2, 0) is 11.3 Å². The molecule has 0 bridgehead atoms. The Kier molecular flexibility index (Phi) is 5.56. The van der Waals surface area contributed by atoms with Gasteiger partial charge in [-0.05, 0) is 51.0 Å². The van der Waals surface area contributed by atoms with Gasteiger partial charge in [0.15, 0.2) is 0 Å². The van der Waals surface area contributed by atoms with E-state index in [1.54, 1.807) is 6.20 Å². The van der Waals surface area contributed by atoms with Crippen LogP contribution >= 0.6 is 0 Å². The Morgan fingerprint density at radius 2 is 1.90 bits per heavy atom. The molecule has 1 saturated heterocycles. The first-order chi connectivity index (χ1) is 14.4. The number of nitriles is 1. The highest BCUT2D eigenvalue weighted by Crippen LogP contribution is 2.29. The summed E-state index contributed by atoms with van der Waals surface area (Å²) in [5.74, 6) is 0.971. The number of hydrogen-bond donors (Lipinski definition) is 1. The van der Waals surface area contributed by atoms with E-state index in [0.717, 1.165) is 52.2 Å². The lowest BCUT2D eigenvalue weighted by molar-refractivity contribution is -0.00545. The second-order valence-corrected chi connectivity index (χ2v) is 8.18. The number of fused-ring (bicyclic) bond motifs is 1. The molecule has 1 aliphatic heterocycles. The quantitative estimate of drug-likeness (QED) is 0.701. The van der Waals surface area contributed by atoms with Gasteiger partial charge in [0.05, 0.1) is 29.0 Å². The molecule has 2 unspecified atom stereocenters. The number of benzene rings is 1. The maximum absolute atomic E-state index is 9.58. The third-order valence-electron chi connectivity index (χ3n) is 5.45. The molecule has 1 N–H and O–H groups in total. The van der Waals surface area contributed by atoms with Crippen LogP contribution < -0.4 is 10.2 Å². The molecule has 0 aliphatic carbocycles. The van der Waals surface area contributed by atoms with E-state index in [-0.39, 0.29) is 12.2 Å². The van der Waals surface area contributed by atoms with Crippen LogP contribution in [0.4, 0.5) is 11.5 Å². The first-order valence-corrected chi connectivity index (χ1v) is 10.3. The molecule has 1 fully saturated rings. The summed E-state index contributed by atoms with van der Waals surface area (Å²) in [7, 11) is 0. The standard InChI is InChI=1S/C24H27N5O/c1-15-7-16(2)23-21(8-15)24(20(9-25)12-28-23)27-11-19-5-6-22(26-10-19)29-13-17(3)30-18(4)14-29/h5-8,10,12,17-18H,11,13-14H2,1-4H3,(H,27,28). The second-order valence-electron chi connectivity index (χ2n) is 8.18. The number of aryl methyl sites for hydroxylation is 2. The molecule has 30 heavy (non-hydrogen) atoms. The van der Waals surface area contributed by atoms with Crippen molar-refractivity contribution in [2.24, 2.45) is 0 Å². The summed E-state index contributed by atoms with van der Waals surface area (Å²) in [6.07, 6.45) is 3.95. The Morgan fingerprint density at radius 3 is 2.57 bits per heavy atom. The molecule has 6 nitrogen and oxygen atoms in total. The van der Waals surface area contributed by atoms with Gasteiger partial charge >= 0.3 is 0 Å². The van der Waals surface area contributed by atoms with Crippen molar-refractivity contribution < 1.29 is 4.74 Å². The molecule has 4 rings (SSSR count). The molecule has 1 aromatic carbocycles. The minimum absolute atomic E-state index is 0.202. The van der Waals surface area contributed by atoms with E-state index in [9.17, 15) is 5.26 Å². The Bertz CT molecular complexity index is 1090. The number of nitrogens with one attached hydrogen (secondary N) is 1. The molecule has 0 saturated carbocycles. The molecule has 0 spiro atoms. The van der Waals surface area contributed by atoms with Crippen molar-refractivity contribution in [1.29, 1.82) is 5.26 Å². The van der Waals surface area contributed by atoms with Gasteiger partial charge in [-0.25, -0.2) is 4.98 Å². The first-order valence-electron chi connectivity index (χ1n) is 10.3. The number of nitrogens with zero attached hydrogens (tertiary/aromatic N) is 4. The van der Waals surface area contributed by atoms with Gasteiger partial charge in [0.2, 0.25) is 0 Å². The molecule has 154 valence electrons. The van der Waals surface area contributed by atoms with E-state index in [0.29, 0.717) is 12.1 Å². The number of morpholine rings is 1. The zero-order valence-corrected chi connectivity index (χ0v) is 17.9. The van der Waals surface area contributed by atoms with Crippen molar-refractivity contribution in [2.45, 2.75) is 46.4 Å². The third kappa shape index (κ3) is 4.07. The fourth-order valence-electron chi connectivity index (χ4n) is 4.20. The molecule has 1 aliphatic rings. The third-order valence-corrected chi connectivity index (χ3v) is 5.45. The number of rotatable bonds is 4. The zero-order chi connectivity index (χ0) is 21.3. The summed E-state index contributed by atoms with van der Waals surface area (Å²) in [4.78, 5) is 11.4. The van der Waals surface area contributed by atoms with Gasteiger partial charge in [-0.15, -0.1) is 0 Å². The summed E-state index contributed by atoms with van der Waals surface area (Å²) in [6.45, 7) is 10.6. The minimum Gasteiger partial charge on any atom is -0.379 e. The van der Waals surface area contributed by atoms with Gasteiger partial charge in [-0.1, -0.05) is 17.7 Å². The Balaban J connectivity index is 1.55. The summed E-state index contributed by atoms with van der Waals surface area (Å²) in [5, 5.41) is 14.0. The Morgan fingerprint density at radius 1 is 1.13 bits per heavy atom. The summed E-state index contributed by atoms with van der Waals surface area (Å²) >= 11 is 0. The van der Waals surface area contributed by atoms with E-state index in [4.69, 9.17) is 4.74 Å². The molecule has 0 amide bonds. The monoisotopic (exact) mass is 401 g/mol. The van der Waals surface area contributed by atoms with Gasteiger partial charge in [0, 0.05) is 37.4 Å². The summed E-state index contributed by atoms with van der Waals surface area (Å²) in [6, 6.07) is 10.6. The fourth-order valence-corrected chi connectivity index (χ4v) is 4.20. The lowest BCUT2D eigenvalue weighted by Crippen LogP contribution is -2.45. The van der Waals surface area contributed by atoms with E-state index < -0.39 is 0 Å². The summed E-state index contributed by atoms with van der Waals surface area (Å²) < 4.78 is 5.81. The van der Waals surface area contributed by atoms with Crippen molar-refractivity contribution in [1.82, 2.24) is 9.97 Å². The largest absolute Gasteiger partial charge is 0.379 e. The molecule has 6 heteroatoms. The smallest absolute Gasteiger partial charge is 0.128 e. The fraction of sp³-hybridized carbons (Fsp3) is 0.375. The van der Waals surface area contributed by atoms with Crippen molar-refractivity contribution in [3.8, 4) is 6.07 Å². The van der Waals surface area contributed by atoms with Crippen LogP contribution in [-0.4, -0.2) is 35.3 Å². The van der Waals surface area contributed by atoms with E-state index in [1.807, 2.05) is 13.1 Å². The predicted octanol–water partition coefficient (Wildman–Crippen LogP) is 4.34. The van der Waals surface area contributed by atoms with Crippen LogP contribution in [0.2, 0.25) is 0 Å². The highest BCUT2D eigenvalue weighted by molar-refractivity contribution is 5.96. The molecule has 3 aromatic rings. The lowest BCUT2D eigenvalue weighted by atomic mass is 10.0. The SMILES string of the molecule is Cc1cc(C)c2ncc(C#N)c(NCc3ccc(N4CC(C)OC(C)C4)nc3)c2c1. The molecule has 2 aromatic heterocycles. The van der Waals surface area contributed by atoms with Gasteiger partial charge in [-0.3, -0.25) is 4.98 Å². The van der Waals surface area contributed by atoms with Crippen LogP contribution in [0.15, 0.2) is 36.7 Å². The van der Waals surface area contributed by atoms with Gasteiger partial charge in [-0.2, -0.15) is 5.26 Å². The molecule has 0 radical (unpaired) electrons. The van der Waals surface area contributed by atoms with Crippen molar-refractivity contribution in [3.63, 3.8) is 0 Å². The predicted molar refractivity (Wildman–Crippen MR) is 120 cm³/mol. The number of pyridine rings is 2. The van der Waals surface area contributed by atoms with Gasteiger partial charge < -0.3 is 15.0 Å². The normalized spacial score (nSPS) is 19.0. The first kappa shape index (κ1) is 20.1. The molecular weight excluding hydrogens is 374 g/mol. The highest BCUT2D eigenvalue weighted by atomic mass is 16.5. The number of anilines is 2. The van der Waals surface area contributed by atoms with Crippen molar-refractivity contribution >= 4 is 22.4 Å². The number of aromatic nitrogens is 2. The minimum atomic E-state index is 0.202. The second kappa shape index (κ2) is 8.29. The Hall–Kier alpha value is -3.17. The van der Waals surface area contributed by atoms with E-state index in [2.05, 4.69) is 71.3 Å². The van der Waals surface area contributed by atoms with Crippen LogP contribution in [0.3, 0.4) is 0 Å². The van der Waals surface area contributed by atoms with Crippen LogP contribution in [0, 0.1) is 25.2 Å². The maximum atomic E-state index is 9.58. The van der Waals surface area contributed by atoms with Crippen molar-refractivity contribution in [3.05, 3.63) is 58.9 Å². The van der Waals surface area contributed by atoms with Crippen LogP contribution in [0.25, 0.3) is 10.9 Å². The molecular formula is C24H27N5O. The average molecular weight is 402 g/mol. The average Bonchev–Trinajstić information content (AvgIpc) is 2.71. The zero-order valence-electron chi connectivity index (χ0n) is 17.9. The molecule has 2 atom stereocenters. The highest BCUT2D eigenvalue weighted by Gasteiger charge is 2.23. The Labute approximate surface area is 177 Å². The van der Waals surface area contributed by atoms with E-state index in [1.165, 1.54) is 0 Å². The number of hydrogen-bond acceptors (Lipinski definition) is 6.